The monoisotopic (exact) mass is 325 g/mol. The Morgan fingerprint density at radius 3 is 2.58 bits per heavy atom. The van der Waals surface area contributed by atoms with Crippen LogP contribution in [0.1, 0.15) is 20.8 Å². The van der Waals surface area contributed by atoms with Crippen molar-refractivity contribution in [2.75, 3.05) is 7.11 Å². The van der Waals surface area contributed by atoms with Gasteiger partial charge in [-0.05, 0) is 29.7 Å². The molecule has 0 saturated carbocycles. The molecule has 0 aliphatic heterocycles. The van der Waals surface area contributed by atoms with Crippen LogP contribution in [0.3, 0.4) is 0 Å². The standard InChI is InChI=1S/C19H23N3O2/c1-19(2,3)12-22-16-10-9-15(20-17(16)21(4)18(22)23)13-7-6-8-14(11-13)24-5/h6-11H,12H2,1-5H3. The topological polar surface area (TPSA) is 49.1 Å². The highest BCUT2D eigenvalue weighted by Gasteiger charge is 2.18. The molecule has 0 aliphatic rings. The van der Waals surface area contributed by atoms with Gasteiger partial charge in [0.15, 0.2) is 5.65 Å². The van der Waals surface area contributed by atoms with Gasteiger partial charge in [-0.3, -0.25) is 9.13 Å². The molecule has 2 aromatic heterocycles. The predicted octanol–water partition coefficient (Wildman–Crippen LogP) is 3.46. The molecule has 5 heteroatoms. The van der Waals surface area contributed by atoms with Crippen LogP contribution in [0.15, 0.2) is 41.2 Å². The van der Waals surface area contributed by atoms with E-state index in [0.717, 1.165) is 22.5 Å². The van der Waals surface area contributed by atoms with Crippen LogP contribution in [0.2, 0.25) is 0 Å². The van der Waals surface area contributed by atoms with Crippen molar-refractivity contribution in [1.29, 1.82) is 0 Å². The number of fused-ring (bicyclic) bond motifs is 1. The van der Waals surface area contributed by atoms with Crippen molar-refractivity contribution in [3.8, 4) is 17.0 Å². The molecule has 0 atom stereocenters. The summed E-state index contributed by atoms with van der Waals surface area (Å²) in [7, 11) is 3.41. The van der Waals surface area contributed by atoms with Crippen molar-refractivity contribution >= 4 is 11.2 Å². The van der Waals surface area contributed by atoms with E-state index in [0.29, 0.717) is 12.2 Å². The number of rotatable bonds is 3. The molecule has 3 aromatic rings. The van der Waals surface area contributed by atoms with E-state index in [4.69, 9.17) is 9.72 Å². The first-order valence-corrected chi connectivity index (χ1v) is 8.01. The molecule has 0 bridgehead atoms. The zero-order valence-electron chi connectivity index (χ0n) is 14.8. The first-order valence-electron chi connectivity index (χ1n) is 8.01. The number of hydrogen-bond donors (Lipinski definition) is 0. The highest BCUT2D eigenvalue weighted by Crippen LogP contribution is 2.25. The predicted molar refractivity (Wildman–Crippen MR) is 96.4 cm³/mol. The molecule has 0 spiro atoms. The molecule has 5 nitrogen and oxygen atoms in total. The molecule has 0 saturated heterocycles. The highest BCUT2D eigenvalue weighted by atomic mass is 16.5. The largest absolute Gasteiger partial charge is 0.497 e. The summed E-state index contributed by atoms with van der Waals surface area (Å²) >= 11 is 0. The summed E-state index contributed by atoms with van der Waals surface area (Å²) in [5, 5.41) is 0. The van der Waals surface area contributed by atoms with Crippen LogP contribution in [-0.4, -0.2) is 21.2 Å². The third-order valence-electron chi connectivity index (χ3n) is 3.98. The molecule has 126 valence electrons. The Hall–Kier alpha value is -2.56. The van der Waals surface area contributed by atoms with Gasteiger partial charge in [0.1, 0.15) is 5.75 Å². The van der Waals surface area contributed by atoms with E-state index in [1.807, 2.05) is 36.4 Å². The normalized spacial score (nSPS) is 11.9. The lowest BCUT2D eigenvalue weighted by Crippen LogP contribution is -2.27. The van der Waals surface area contributed by atoms with Crippen molar-refractivity contribution in [3.63, 3.8) is 0 Å². The van der Waals surface area contributed by atoms with E-state index in [-0.39, 0.29) is 11.1 Å². The van der Waals surface area contributed by atoms with Gasteiger partial charge in [-0.25, -0.2) is 9.78 Å². The molecule has 2 heterocycles. The lowest BCUT2D eigenvalue weighted by atomic mass is 9.97. The van der Waals surface area contributed by atoms with Gasteiger partial charge in [-0.2, -0.15) is 0 Å². The second-order valence-corrected chi connectivity index (χ2v) is 7.26. The number of pyridine rings is 1. The summed E-state index contributed by atoms with van der Waals surface area (Å²) in [5.74, 6) is 0.786. The number of ether oxygens (including phenoxy) is 1. The molecule has 0 unspecified atom stereocenters. The number of benzene rings is 1. The average Bonchev–Trinajstić information content (AvgIpc) is 2.78. The molecule has 0 aliphatic carbocycles. The van der Waals surface area contributed by atoms with Gasteiger partial charge in [0.25, 0.3) is 0 Å². The smallest absolute Gasteiger partial charge is 0.330 e. The quantitative estimate of drug-likeness (QED) is 0.741. The van der Waals surface area contributed by atoms with Crippen LogP contribution in [0.25, 0.3) is 22.4 Å². The van der Waals surface area contributed by atoms with Gasteiger partial charge in [0.2, 0.25) is 0 Å². The molecule has 0 radical (unpaired) electrons. The molecule has 24 heavy (non-hydrogen) atoms. The molecular weight excluding hydrogens is 302 g/mol. The Balaban J connectivity index is 2.15. The van der Waals surface area contributed by atoms with Crippen LogP contribution in [-0.2, 0) is 13.6 Å². The minimum absolute atomic E-state index is 0.0174. The van der Waals surface area contributed by atoms with Crippen molar-refractivity contribution in [2.24, 2.45) is 12.5 Å². The van der Waals surface area contributed by atoms with Crippen LogP contribution in [0, 0.1) is 5.41 Å². The molecular formula is C19H23N3O2. The molecule has 0 N–H and O–H groups in total. The Morgan fingerprint density at radius 1 is 1.17 bits per heavy atom. The van der Waals surface area contributed by atoms with Gasteiger partial charge in [-0.1, -0.05) is 32.9 Å². The highest BCUT2D eigenvalue weighted by molar-refractivity contribution is 5.76. The Bertz CT molecular complexity index is 945. The zero-order chi connectivity index (χ0) is 17.5. The van der Waals surface area contributed by atoms with E-state index in [9.17, 15) is 4.79 Å². The maximum Gasteiger partial charge on any atom is 0.330 e. The Kier molecular flexibility index (Phi) is 3.95. The van der Waals surface area contributed by atoms with Crippen molar-refractivity contribution in [2.45, 2.75) is 27.3 Å². The minimum Gasteiger partial charge on any atom is -0.497 e. The van der Waals surface area contributed by atoms with Crippen LogP contribution >= 0.6 is 0 Å². The third kappa shape index (κ3) is 2.94. The maximum atomic E-state index is 12.6. The van der Waals surface area contributed by atoms with E-state index >= 15 is 0 Å². The number of methoxy groups -OCH3 is 1. The summed E-state index contributed by atoms with van der Waals surface area (Å²) in [6.45, 7) is 7.02. The van der Waals surface area contributed by atoms with Crippen LogP contribution in [0.4, 0.5) is 0 Å². The van der Waals surface area contributed by atoms with Gasteiger partial charge >= 0.3 is 5.69 Å². The Morgan fingerprint density at radius 2 is 1.92 bits per heavy atom. The minimum atomic E-state index is -0.0322. The fourth-order valence-corrected chi connectivity index (χ4v) is 2.84. The van der Waals surface area contributed by atoms with E-state index in [1.165, 1.54) is 0 Å². The third-order valence-corrected chi connectivity index (χ3v) is 3.98. The summed E-state index contributed by atoms with van der Waals surface area (Å²) in [5.41, 5.74) is 3.34. The lowest BCUT2D eigenvalue weighted by molar-refractivity contribution is 0.342. The van der Waals surface area contributed by atoms with Gasteiger partial charge in [-0.15, -0.1) is 0 Å². The lowest BCUT2D eigenvalue weighted by Gasteiger charge is -2.18. The van der Waals surface area contributed by atoms with Crippen LogP contribution in [0.5, 0.6) is 5.75 Å². The number of aryl methyl sites for hydroxylation is 1. The van der Waals surface area contributed by atoms with Crippen molar-refractivity contribution in [1.82, 2.24) is 14.1 Å². The maximum absolute atomic E-state index is 12.6. The summed E-state index contributed by atoms with van der Waals surface area (Å²) < 4.78 is 8.70. The number of hydrogen-bond acceptors (Lipinski definition) is 3. The summed E-state index contributed by atoms with van der Waals surface area (Å²) in [6.07, 6.45) is 0. The second-order valence-electron chi connectivity index (χ2n) is 7.26. The number of nitrogens with zero attached hydrogens (tertiary/aromatic N) is 3. The van der Waals surface area contributed by atoms with Gasteiger partial charge in [0, 0.05) is 19.2 Å². The fraction of sp³-hybridized carbons (Fsp3) is 0.368. The van der Waals surface area contributed by atoms with Crippen molar-refractivity contribution < 1.29 is 4.74 Å². The van der Waals surface area contributed by atoms with Crippen molar-refractivity contribution in [3.05, 3.63) is 46.9 Å². The average molecular weight is 325 g/mol. The SMILES string of the molecule is COc1cccc(-c2ccc3c(n2)n(C)c(=O)n3CC(C)(C)C)c1. The molecule has 0 amide bonds. The van der Waals surface area contributed by atoms with E-state index in [2.05, 4.69) is 20.8 Å². The second kappa shape index (κ2) is 5.82. The Labute approximate surface area is 141 Å². The first-order chi connectivity index (χ1) is 11.3. The summed E-state index contributed by atoms with van der Waals surface area (Å²) in [4.78, 5) is 17.3. The molecule has 0 fully saturated rings. The molecule has 1 aromatic carbocycles. The van der Waals surface area contributed by atoms with Crippen LogP contribution < -0.4 is 10.4 Å². The summed E-state index contributed by atoms with van der Waals surface area (Å²) in [6, 6.07) is 11.7. The fourth-order valence-electron chi connectivity index (χ4n) is 2.84. The van der Waals surface area contributed by atoms with E-state index in [1.54, 1.807) is 23.3 Å². The number of aromatic nitrogens is 3. The number of imidazole rings is 1. The van der Waals surface area contributed by atoms with Gasteiger partial charge < -0.3 is 4.74 Å². The molecule has 3 rings (SSSR count). The zero-order valence-corrected chi connectivity index (χ0v) is 14.8. The van der Waals surface area contributed by atoms with E-state index < -0.39 is 0 Å². The van der Waals surface area contributed by atoms with Gasteiger partial charge in [0.05, 0.1) is 18.3 Å². The first kappa shape index (κ1) is 16.3.